The fraction of sp³-hybridized carbons (Fsp3) is 0.400. The third kappa shape index (κ3) is 5.21. The van der Waals surface area contributed by atoms with Gasteiger partial charge in [-0.1, -0.05) is 18.0 Å². The Kier molecular flexibility index (Phi) is 7.18. The number of esters is 1. The molecule has 0 radical (unpaired) electrons. The summed E-state index contributed by atoms with van der Waals surface area (Å²) in [6.07, 6.45) is 1.57. The predicted octanol–water partition coefficient (Wildman–Crippen LogP) is 4.07. The average molecular weight is 471 g/mol. The first-order valence-electron chi connectivity index (χ1n) is 9.56. The van der Waals surface area contributed by atoms with Crippen LogP contribution in [0.1, 0.15) is 40.7 Å². The molecule has 1 aliphatic rings. The standard InChI is InChI=1S/C20H23ClN2O5S2/c1-13-6-9-18(29-13)20(25)28-14(2)19(24)22-17-12-15(7-8-16(17)21)30(26,27)23-10-4-3-5-11-23/h6-9,12,14H,3-5,10-11H2,1-2H3,(H,22,24)/t14-/m1/s1. The summed E-state index contributed by atoms with van der Waals surface area (Å²) in [5.74, 6) is -1.20. The van der Waals surface area contributed by atoms with Crippen molar-refractivity contribution in [3.8, 4) is 0 Å². The number of nitrogens with zero attached hydrogens (tertiary/aromatic N) is 1. The van der Waals surface area contributed by atoms with Gasteiger partial charge in [-0.25, -0.2) is 13.2 Å². The SMILES string of the molecule is Cc1ccc(C(=O)O[C@H](C)C(=O)Nc2cc(S(=O)(=O)N3CCCCC3)ccc2Cl)s1. The minimum absolute atomic E-state index is 0.0582. The van der Waals surface area contributed by atoms with Crippen molar-refractivity contribution in [2.75, 3.05) is 18.4 Å². The number of halogens is 1. The zero-order chi connectivity index (χ0) is 21.9. The number of anilines is 1. The second-order valence-corrected chi connectivity index (χ2v) is 10.7. The van der Waals surface area contributed by atoms with Gasteiger partial charge in [0.1, 0.15) is 4.88 Å². The summed E-state index contributed by atoms with van der Waals surface area (Å²) >= 11 is 7.43. The van der Waals surface area contributed by atoms with E-state index in [1.165, 1.54) is 40.8 Å². The highest BCUT2D eigenvalue weighted by molar-refractivity contribution is 7.89. The van der Waals surface area contributed by atoms with Crippen LogP contribution in [-0.4, -0.2) is 43.8 Å². The summed E-state index contributed by atoms with van der Waals surface area (Å²) in [5.41, 5.74) is 0.148. The van der Waals surface area contributed by atoms with Gasteiger partial charge in [0.2, 0.25) is 10.0 Å². The first-order chi connectivity index (χ1) is 14.2. The maximum absolute atomic E-state index is 12.9. The highest BCUT2D eigenvalue weighted by Crippen LogP contribution is 2.28. The van der Waals surface area contributed by atoms with Crippen molar-refractivity contribution in [1.82, 2.24) is 4.31 Å². The Hall–Kier alpha value is -1.94. The van der Waals surface area contributed by atoms with Crippen LogP contribution in [-0.2, 0) is 19.6 Å². The number of carbonyl (C=O) groups is 2. The molecule has 1 aromatic carbocycles. The molecule has 7 nitrogen and oxygen atoms in total. The van der Waals surface area contributed by atoms with Crippen molar-refractivity contribution in [2.45, 2.75) is 44.1 Å². The zero-order valence-corrected chi connectivity index (χ0v) is 19.1. The van der Waals surface area contributed by atoms with Crippen LogP contribution in [0.4, 0.5) is 5.69 Å². The van der Waals surface area contributed by atoms with Gasteiger partial charge in [0.05, 0.1) is 15.6 Å². The van der Waals surface area contributed by atoms with Gasteiger partial charge >= 0.3 is 5.97 Å². The quantitative estimate of drug-likeness (QED) is 0.642. The molecule has 3 rings (SSSR count). The van der Waals surface area contributed by atoms with E-state index in [1.54, 1.807) is 12.1 Å². The van der Waals surface area contributed by atoms with Gasteiger partial charge in [0, 0.05) is 18.0 Å². The van der Waals surface area contributed by atoms with E-state index >= 15 is 0 Å². The van der Waals surface area contributed by atoms with Crippen LogP contribution in [0.5, 0.6) is 0 Å². The van der Waals surface area contributed by atoms with Crippen molar-refractivity contribution in [3.63, 3.8) is 0 Å². The summed E-state index contributed by atoms with van der Waals surface area (Å²) in [5, 5.41) is 2.75. The molecule has 1 N–H and O–H groups in total. The van der Waals surface area contributed by atoms with Gasteiger partial charge in [-0.2, -0.15) is 4.31 Å². The van der Waals surface area contributed by atoms with E-state index in [9.17, 15) is 18.0 Å². The van der Waals surface area contributed by atoms with Crippen molar-refractivity contribution in [1.29, 1.82) is 0 Å². The Balaban J connectivity index is 1.71. The molecule has 2 heterocycles. The second kappa shape index (κ2) is 9.47. The topological polar surface area (TPSA) is 92.8 Å². The first-order valence-corrected chi connectivity index (χ1v) is 12.2. The first kappa shape index (κ1) is 22.7. The van der Waals surface area contributed by atoms with Gasteiger partial charge in [-0.15, -0.1) is 11.3 Å². The van der Waals surface area contributed by atoms with Crippen molar-refractivity contribution < 1.29 is 22.7 Å². The Morgan fingerprint density at radius 3 is 2.50 bits per heavy atom. The van der Waals surface area contributed by atoms with Crippen molar-refractivity contribution >= 4 is 50.5 Å². The third-order valence-electron chi connectivity index (χ3n) is 4.74. The molecule has 1 saturated heterocycles. The summed E-state index contributed by atoms with van der Waals surface area (Å²) < 4.78 is 32.4. The number of hydrogen-bond donors (Lipinski definition) is 1. The molecule has 0 spiro atoms. The lowest BCUT2D eigenvalue weighted by atomic mass is 10.2. The smallest absolute Gasteiger partial charge is 0.349 e. The molecule has 30 heavy (non-hydrogen) atoms. The van der Waals surface area contributed by atoms with E-state index < -0.39 is 28.0 Å². The normalized spacial score (nSPS) is 16.1. The van der Waals surface area contributed by atoms with Crippen LogP contribution >= 0.6 is 22.9 Å². The van der Waals surface area contributed by atoms with E-state index in [2.05, 4.69) is 5.32 Å². The largest absolute Gasteiger partial charge is 0.448 e. The number of thiophene rings is 1. The van der Waals surface area contributed by atoms with Crippen LogP contribution < -0.4 is 5.32 Å². The molecule has 1 atom stereocenters. The number of sulfonamides is 1. The molecule has 1 aliphatic heterocycles. The number of rotatable bonds is 6. The van der Waals surface area contributed by atoms with Gasteiger partial charge in [0.25, 0.3) is 5.91 Å². The summed E-state index contributed by atoms with van der Waals surface area (Å²) in [7, 11) is -3.67. The second-order valence-electron chi connectivity index (χ2n) is 7.05. The number of carbonyl (C=O) groups excluding carboxylic acids is 2. The van der Waals surface area contributed by atoms with E-state index in [0.717, 1.165) is 24.1 Å². The van der Waals surface area contributed by atoms with E-state index in [-0.39, 0.29) is 15.6 Å². The number of benzene rings is 1. The lowest BCUT2D eigenvalue weighted by Crippen LogP contribution is -2.35. The average Bonchev–Trinajstić information content (AvgIpc) is 3.16. The minimum atomic E-state index is -3.67. The molecular weight excluding hydrogens is 448 g/mol. The molecule has 2 aromatic rings. The van der Waals surface area contributed by atoms with Crippen LogP contribution in [0.15, 0.2) is 35.2 Å². The molecule has 1 aromatic heterocycles. The Bertz CT molecular complexity index is 1050. The zero-order valence-electron chi connectivity index (χ0n) is 16.7. The number of amides is 1. The highest BCUT2D eigenvalue weighted by Gasteiger charge is 2.27. The maximum atomic E-state index is 12.9. The molecule has 10 heteroatoms. The highest BCUT2D eigenvalue weighted by atomic mass is 35.5. The minimum Gasteiger partial charge on any atom is -0.448 e. The van der Waals surface area contributed by atoms with E-state index in [0.29, 0.717) is 18.0 Å². The fourth-order valence-corrected chi connectivity index (χ4v) is 5.52. The van der Waals surface area contributed by atoms with Gasteiger partial charge in [-0.05, 0) is 57.0 Å². The number of nitrogens with one attached hydrogen (secondary N) is 1. The molecule has 162 valence electrons. The molecule has 1 fully saturated rings. The van der Waals surface area contributed by atoms with Crippen molar-refractivity contribution in [3.05, 3.63) is 45.1 Å². The lowest BCUT2D eigenvalue weighted by Gasteiger charge is -2.26. The Morgan fingerprint density at radius 2 is 1.87 bits per heavy atom. The number of hydrogen-bond acceptors (Lipinski definition) is 6. The molecule has 0 bridgehead atoms. The number of aryl methyl sites for hydroxylation is 1. The predicted molar refractivity (Wildman–Crippen MR) is 117 cm³/mol. The summed E-state index contributed by atoms with van der Waals surface area (Å²) in [6, 6.07) is 7.61. The maximum Gasteiger partial charge on any atom is 0.349 e. The lowest BCUT2D eigenvalue weighted by molar-refractivity contribution is -0.123. The molecule has 1 amide bonds. The van der Waals surface area contributed by atoms with E-state index in [1.807, 2.05) is 6.92 Å². The summed E-state index contributed by atoms with van der Waals surface area (Å²) in [6.45, 7) is 4.25. The third-order valence-corrected chi connectivity index (χ3v) is 7.95. The fourth-order valence-electron chi connectivity index (χ4n) is 3.07. The van der Waals surface area contributed by atoms with E-state index in [4.69, 9.17) is 16.3 Å². The Morgan fingerprint density at radius 1 is 1.17 bits per heavy atom. The van der Waals surface area contributed by atoms with Gasteiger partial charge in [-0.3, -0.25) is 4.79 Å². The molecule has 0 aliphatic carbocycles. The molecular formula is C20H23ClN2O5S2. The monoisotopic (exact) mass is 470 g/mol. The number of ether oxygens (including phenoxy) is 1. The summed E-state index contributed by atoms with van der Waals surface area (Å²) in [4.78, 5) is 26.1. The van der Waals surface area contributed by atoms with Crippen LogP contribution in [0, 0.1) is 6.92 Å². The number of piperidine rings is 1. The van der Waals surface area contributed by atoms with Gasteiger partial charge in [0.15, 0.2) is 6.10 Å². The van der Waals surface area contributed by atoms with Crippen molar-refractivity contribution in [2.24, 2.45) is 0 Å². The van der Waals surface area contributed by atoms with Crippen LogP contribution in [0.2, 0.25) is 5.02 Å². The van der Waals surface area contributed by atoms with Crippen LogP contribution in [0.25, 0.3) is 0 Å². The molecule has 0 unspecified atom stereocenters. The van der Waals surface area contributed by atoms with Gasteiger partial charge < -0.3 is 10.1 Å². The Labute approximate surface area is 185 Å². The van der Waals surface area contributed by atoms with Crippen LogP contribution in [0.3, 0.4) is 0 Å². The molecule has 0 saturated carbocycles.